The van der Waals surface area contributed by atoms with Gasteiger partial charge in [-0.3, -0.25) is 14.4 Å². The highest BCUT2D eigenvalue weighted by molar-refractivity contribution is 5.85. The van der Waals surface area contributed by atoms with Crippen LogP contribution in [0.3, 0.4) is 0 Å². The minimum Gasteiger partial charge on any atom is -0.481 e. The molecule has 1 amide bonds. The van der Waals surface area contributed by atoms with Gasteiger partial charge in [0.1, 0.15) is 0 Å². The molecule has 6 nitrogen and oxygen atoms in total. The Morgan fingerprint density at radius 2 is 1.85 bits per heavy atom. The SMILES string of the molecule is COC(=O)CC(NC(=O)C1CCCCC1C(=O)O)c1ccc(C)cc1C. The smallest absolute Gasteiger partial charge is 0.307 e. The summed E-state index contributed by atoms with van der Waals surface area (Å²) < 4.78 is 4.77. The van der Waals surface area contributed by atoms with E-state index in [0.717, 1.165) is 29.5 Å². The van der Waals surface area contributed by atoms with E-state index in [-0.39, 0.29) is 12.3 Å². The molecular weight excluding hydrogens is 334 g/mol. The van der Waals surface area contributed by atoms with Gasteiger partial charge in [0.05, 0.1) is 31.4 Å². The lowest BCUT2D eigenvalue weighted by Crippen LogP contribution is -2.41. The highest BCUT2D eigenvalue weighted by atomic mass is 16.5. The second-order valence-electron chi connectivity index (χ2n) is 7.04. The molecule has 0 bridgehead atoms. The van der Waals surface area contributed by atoms with Gasteiger partial charge >= 0.3 is 11.9 Å². The number of esters is 1. The van der Waals surface area contributed by atoms with Crippen molar-refractivity contribution in [1.82, 2.24) is 5.32 Å². The zero-order valence-electron chi connectivity index (χ0n) is 15.6. The lowest BCUT2D eigenvalue weighted by atomic mass is 9.78. The Kier molecular flexibility index (Phi) is 6.77. The average molecular weight is 361 g/mol. The third-order valence-corrected chi connectivity index (χ3v) is 5.14. The van der Waals surface area contributed by atoms with Crippen molar-refractivity contribution in [3.05, 3.63) is 34.9 Å². The Bertz CT molecular complexity index is 685. The summed E-state index contributed by atoms with van der Waals surface area (Å²) in [6.07, 6.45) is 2.74. The van der Waals surface area contributed by atoms with Crippen molar-refractivity contribution in [3.63, 3.8) is 0 Å². The van der Waals surface area contributed by atoms with E-state index in [1.54, 1.807) is 0 Å². The summed E-state index contributed by atoms with van der Waals surface area (Å²) in [7, 11) is 1.31. The molecule has 1 fully saturated rings. The number of carbonyl (C=O) groups is 3. The highest BCUT2D eigenvalue weighted by Crippen LogP contribution is 2.32. The number of hydrogen-bond acceptors (Lipinski definition) is 4. The van der Waals surface area contributed by atoms with Crippen LogP contribution < -0.4 is 5.32 Å². The van der Waals surface area contributed by atoms with Crippen LogP contribution in [-0.4, -0.2) is 30.1 Å². The molecule has 1 aromatic carbocycles. The summed E-state index contributed by atoms with van der Waals surface area (Å²) in [6.45, 7) is 3.91. The molecule has 2 rings (SSSR count). The zero-order valence-corrected chi connectivity index (χ0v) is 15.6. The topological polar surface area (TPSA) is 92.7 Å². The Morgan fingerprint density at radius 3 is 2.42 bits per heavy atom. The summed E-state index contributed by atoms with van der Waals surface area (Å²) in [6, 6.07) is 5.28. The van der Waals surface area contributed by atoms with Gasteiger partial charge < -0.3 is 15.2 Å². The Morgan fingerprint density at radius 1 is 1.19 bits per heavy atom. The Labute approximate surface area is 153 Å². The molecule has 3 unspecified atom stereocenters. The van der Waals surface area contributed by atoms with E-state index in [9.17, 15) is 19.5 Å². The number of ether oxygens (including phenoxy) is 1. The lowest BCUT2D eigenvalue weighted by molar-refractivity contribution is -0.149. The third kappa shape index (κ3) is 4.84. The number of methoxy groups -OCH3 is 1. The summed E-state index contributed by atoms with van der Waals surface area (Å²) in [5.41, 5.74) is 2.90. The molecule has 2 N–H and O–H groups in total. The molecule has 0 aliphatic heterocycles. The summed E-state index contributed by atoms with van der Waals surface area (Å²) in [5, 5.41) is 12.3. The van der Waals surface area contributed by atoms with Crippen LogP contribution in [0.15, 0.2) is 18.2 Å². The third-order valence-electron chi connectivity index (χ3n) is 5.14. The molecule has 3 atom stereocenters. The van der Waals surface area contributed by atoms with Gasteiger partial charge in [0.15, 0.2) is 0 Å². The predicted octanol–water partition coefficient (Wildman–Crippen LogP) is 2.91. The fourth-order valence-corrected chi connectivity index (χ4v) is 3.72. The van der Waals surface area contributed by atoms with Gasteiger partial charge in [-0.05, 0) is 37.8 Å². The number of benzene rings is 1. The molecule has 1 aliphatic rings. The zero-order chi connectivity index (χ0) is 19.3. The van der Waals surface area contributed by atoms with Crippen molar-refractivity contribution >= 4 is 17.8 Å². The number of rotatable bonds is 6. The van der Waals surface area contributed by atoms with Gasteiger partial charge in [-0.25, -0.2) is 0 Å². The Balaban J connectivity index is 2.23. The molecule has 142 valence electrons. The fraction of sp³-hybridized carbons (Fsp3) is 0.550. The molecule has 6 heteroatoms. The maximum atomic E-state index is 12.8. The van der Waals surface area contributed by atoms with Crippen LogP contribution in [0, 0.1) is 25.7 Å². The molecule has 0 spiro atoms. The number of carbonyl (C=O) groups excluding carboxylic acids is 2. The van der Waals surface area contributed by atoms with E-state index < -0.39 is 29.8 Å². The number of amides is 1. The monoisotopic (exact) mass is 361 g/mol. The molecule has 1 aromatic rings. The van der Waals surface area contributed by atoms with E-state index in [1.807, 2.05) is 32.0 Å². The quantitative estimate of drug-likeness (QED) is 0.760. The van der Waals surface area contributed by atoms with Crippen molar-refractivity contribution in [3.8, 4) is 0 Å². The molecule has 26 heavy (non-hydrogen) atoms. The first-order valence-corrected chi connectivity index (χ1v) is 9.00. The number of carboxylic acid groups (broad SMARTS) is 1. The first kappa shape index (κ1) is 19.9. The Hall–Kier alpha value is -2.37. The number of hydrogen-bond donors (Lipinski definition) is 2. The number of nitrogens with one attached hydrogen (secondary N) is 1. The van der Waals surface area contributed by atoms with E-state index in [1.165, 1.54) is 7.11 Å². The van der Waals surface area contributed by atoms with Crippen molar-refractivity contribution in [1.29, 1.82) is 0 Å². The lowest BCUT2D eigenvalue weighted by Gasteiger charge is -2.29. The van der Waals surface area contributed by atoms with Gasteiger partial charge in [0, 0.05) is 0 Å². The van der Waals surface area contributed by atoms with Gasteiger partial charge in [-0.1, -0.05) is 36.6 Å². The van der Waals surface area contributed by atoms with Gasteiger partial charge in [0.25, 0.3) is 0 Å². The van der Waals surface area contributed by atoms with Crippen LogP contribution in [0.2, 0.25) is 0 Å². The van der Waals surface area contributed by atoms with Crippen LogP contribution in [0.1, 0.15) is 54.8 Å². The second kappa shape index (κ2) is 8.83. The van der Waals surface area contributed by atoms with E-state index in [4.69, 9.17) is 4.74 Å². The molecule has 1 saturated carbocycles. The second-order valence-corrected chi connectivity index (χ2v) is 7.04. The molecule has 0 radical (unpaired) electrons. The van der Waals surface area contributed by atoms with Gasteiger partial charge in [0.2, 0.25) is 5.91 Å². The number of aliphatic carboxylic acids is 1. The van der Waals surface area contributed by atoms with Gasteiger partial charge in [-0.2, -0.15) is 0 Å². The summed E-state index contributed by atoms with van der Waals surface area (Å²) in [4.78, 5) is 36.1. The van der Waals surface area contributed by atoms with Crippen LogP contribution in [0.5, 0.6) is 0 Å². The molecule has 0 saturated heterocycles. The maximum Gasteiger partial charge on any atom is 0.307 e. The number of carboxylic acids is 1. The molecule has 0 heterocycles. The van der Waals surface area contributed by atoms with E-state index >= 15 is 0 Å². The average Bonchev–Trinajstić information content (AvgIpc) is 2.61. The standard InChI is InChI=1S/C20H27NO5/c1-12-8-9-14(13(2)10-12)17(11-18(22)26-3)21-19(23)15-6-4-5-7-16(15)20(24)25/h8-10,15-17H,4-7,11H2,1-3H3,(H,21,23)(H,24,25). The highest BCUT2D eigenvalue weighted by Gasteiger charge is 2.36. The molecule has 1 aliphatic carbocycles. The van der Waals surface area contributed by atoms with Crippen molar-refractivity contribution in [2.24, 2.45) is 11.8 Å². The largest absolute Gasteiger partial charge is 0.481 e. The fourth-order valence-electron chi connectivity index (χ4n) is 3.72. The van der Waals surface area contributed by atoms with Crippen LogP contribution >= 0.6 is 0 Å². The molecular formula is C20H27NO5. The van der Waals surface area contributed by atoms with E-state index in [0.29, 0.717) is 12.8 Å². The first-order valence-electron chi connectivity index (χ1n) is 9.00. The minimum atomic E-state index is -0.930. The van der Waals surface area contributed by atoms with Gasteiger partial charge in [-0.15, -0.1) is 0 Å². The van der Waals surface area contributed by atoms with Crippen molar-refractivity contribution < 1.29 is 24.2 Å². The minimum absolute atomic E-state index is 0.0105. The maximum absolute atomic E-state index is 12.8. The van der Waals surface area contributed by atoms with E-state index in [2.05, 4.69) is 5.32 Å². The summed E-state index contributed by atoms with van der Waals surface area (Å²) in [5.74, 6) is -2.88. The summed E-state index contributed by atoms with van der Waals surface area (Å²) >= 11 is 0. The normalized spacial score (nSPS) is 20.9. The van der Waals surface area contributed by atoms with Crippen LogP contribution in [0.4, 0.5) is 0 Å². The van der Waals surface area contributed by atoms with Crippen molar-refractivity contribution in [2.45, 2.75) is 52.0 Å². The molecule has 0 aromatic heterocycles. The van der Waals surface area contributed by atoms with Crippen LogP contribution in [-0.2, 0) is 19.1 Å². The van der Waals surface area contributed by atoms with Crippen LogP contribution in [0.25, 0.3) is 0 Å². The predicted molar refractivity (Wildman–Crippen MR) is 96.5 cm³/mol. The first-order chi connectivity index (χ1) is 12.3. The van der Waals surface area contributed by atoms with Crippen molar-refractivity contribution in [2.75, 3.05) is 7.11 Å². The number of aryl methyl sites for hydroxylation is 2.